The quantitative estimate of drug-likeness (QED) is 0.930. The molecule has 0 aliphatic heterocycles. The molecular weight excluding hydrogens is 250 g/mol. The van der Waals surface area contributed by atoms with Gasteiger partial charge in [0.05, 0.1) is 12.7 Å². The van der Waals surface area contributed by atoms with E-state index >= 15 is 0 Å². The lowest BCUT2D eigenvalue weighted by atomic mass is 9.88. The molecule has 1 aromatic heterocycles. The van der Waals surface area contributed by atoms with E-state index in [-0.39, 0.29) is 0 Å². The van der Waals surface area contributed by atoms with Gasteiger partial charge in [0, 0.05) is 6.04 Å². The van der Waals surface area contributed by atoms with Crippen molar-refractivity contribution in [2.75, 3.05) is 12.4 Å². The first-order chi connectivity index (χ1) is 9.78. The second kappa shape index (κ2) is 5.49. The van der Waals surface area contributed by atoms with Gasteiger partial charge in [0.1, 0.15) is 12.1 Å². The number of aryl methyl sites for hydroxylation is 1. The number of ether oxygens (including phenoxy) is 1. The molecule has 1 aliphatic rings. The summed E-state index contributed by atoms with van der Waals surface area (Å²) in [5.74, 6) is 1.51. The minimum absolute atomic E-state index is 0.420. The Morgan fingerprint density at radius 3 is 2.80 bits per heavy atom. The van der Waals surface area contributed by atoms with Gasteiger partial charge in [-0.05, 0) is 37.3 Å². The molecule has 1 atom stereocenters. The highest BCUT2D eigenvalue weighted by Gasteiger charge is 2.19. The Morgan fingerprint density at radius 1 is 1.20 bits per heavy atom. The van der Waals surface area contributed by atoms with Crippen molar-refractivity contribution < 1.29 is 4.74 Å². The van der Waals surface area contributed by atoms with Crippen LogP contribution < -0.4 is 10.1 Å². The normalized spacial score (nSPS) is 17.4. The molecular formula is C16H19N3O. The first-order valence-corrected chi connectivity index (χ1v) is 6.97. The largest absolute Gasteiger partial charge is 0.481 e. The highest BCUT2D eigenvalue weighted by Crippen LogP contribution is 2.26. The van der Waals surface area contributed by atoms with Crippen LogP contribution in [0.4, 0.5) is 5.82 Å². The predicted octanol–water partition coefficient (Wildman–Crippen LogP) is 2.76. The summed E-state index contributed by atoms with van der Waals surface area (Å²) in [6, 6.07) is 9.09. The number of methoxy groups -OCH3 is 1. The van der Waals surface area contributed by atoms with Gasteiger partial charge in [-0.25, -0.2) is 9.97 Å². The Hall–Kier alpha value is -2.10. The monoisotopic (exact) mass is 269 g/mol. The number of nitrogens with zero attached hydrogens (tertiary/aromatic N) is 2. The molecule has 4 nitrogen and oxygen atoms in total. The second-order valence-electron chi connectivity index (χ2n) is 5.21. The van der Waals surface area contributed by atoms with Crippen molar-refractivity contribution in [3.63, 3.8) is 0 Å². The molecule has 0 fully saturated rings. The van der Waals surface area contributed by atoms with Crippen molar-refractivity contribution in [2.45, 2.75) is 32.2 Å². The molecule has 1 aromatic carbocycles. The third kappa shape index (κ3) is 2.46. The van der Waals surface area contributed by atoms with Crippen LogP contribution in [0, 0.1) is 6.92 Å². The van der Waals surface area contributed by atoms with Crippen LogP contribution in [0.1, 0.15) is 23.1 Å². The average molecular weight is 269 g/mol. The summed E-state index contributed by atoms with van der Waals surface area (Å²) in [5, 5.41) is 3.53. The third-order valence-electron chi connectivity index (χ3n) is 3.92. The van der Waals surface area contributed by atoms with Crippen molar-refractivity contribution in [3.8, 4) is 5.88 Å². The summed E-state index contributed by atoms with van der Waals surface area (Å²) in [6.45, 7) is 1.98. The Morgan fingerprint density at radius 2 is 2.00 bits per heavy atom. The van der Waals surface area contributed by atoms with E-state index in [9.17, 15) is 0 Å². The Kier molecular flexibility index (Phi) is 3.54. The molecule has 0 spiro atoms. The number of fused-ring (bicyclic) bond motifs is 1. The minimum Gasteiger partial charge on any atom is -0.481 e. The van der Waals surface area contributed by atoms with Crippen LogP contribution in [0.15, 0.2) is 30.6 Å². The number of anilines is 1. The van der Waals surface area contributed by atoms with Gasteiger partial charge in [-0.2, -0.15) is 0 Å². The van der Waals surface area contributed by atoms with E-state index in [1.54, 1.807) is 13.4 Å². The molecule has 0 bridgehead atoms. The first-order valence-electron chi connectivity index (χ1n) is 6.97. The van der Waals surface area contributed by atoms with Crippen molar-refractivity contribution in [3.05, 3.63) is 47.3 Å². The van der Waals surface area contributed by atoms with Gasteiger partial charge in [0.15, 0.2) is 0 Å². The van der Waals surface area contributed by atoms with Crippen LogP contribution in [0.5, 0.6) is 5.88 Å². The lowest BCUT2D eigenvalue weighted by Gasteiger charge is -2.26. The molecule has 20 heavy (non-hydrogen) atoms. The fourth-order valence-electron chi connectivity index (χ4n) is 2.80. The van der Waals surface area contributed by atoms with Crippen molar-refractivity contribution in [2.24, 2.45) is 0 Å². The van der Waals surface area contributed by atoms with E-state index < -0.39 is 0 Å². The van der Waals surface area contributed by atoms with Gasteiger partial charge in [0.2, 0.25) is 5.88 Å². The molecule has 1 aliphatic carbocycles. The molecule has 1 N–H and O–H groups in total. The summed E-state index contributed by atoms with van der Waals surface area (Å²) >= 11 is 0. The van der Waals surface area contributed by atoms with Crippen LogP contribution in [0.3, 0.4) is 0 Å². The molecule has 2 aromatic rings. The van der Waals surface area contributed by atoms with E-state index in [2.05, 4.69) is 39.6 Å². The summed E-state index contributed by atoms with van der Waals surface area (Å²) < 4.78 is 5.24. The highest BCUT2D eigenvalue weighted by molar-refractivity contribution is 5.49. The van der Waals surface area contributed by atoms with Gasteiger partial charge in [-0.15, -0.1) is 0 Å². The number of rotatable bonds is 3. The summed E-state index contributed by atoms with van der Waals surface area (Å²) in [4.78, 5) is 8.45. The molecule has 0 amide bonds. The van der Waals surface area contributed by atoms with Gasteiger partial charge >= 0.3 is 0 Å². The number of benzene rings is 1. The van der Waals surface area contributed by atoms with E-state index in [0.717, 1.165) is 30.6 Å². The van der Waals surface area contributed by atoms with E-state index in [1.165, 1.54) is 11.1 Å². The smallest absolute Gasteiger partial charge is 0.221 e. The van der Waals surface area contributed by atoms with E-state index in [1.807, 2.05) is 6.92 Å². The topological polar surface area (TPSA) is 47.0 Å². The summed E-state index contributed by atoms with van der Waals surface area (Å²) in [6.07, 6.45) is 4.84. The van der Waals surface area contributed by atoms with E-state index in [4.69, 9.17) is 4.74 Å². The maximum absolute atomic E-state index is 5.24. The Bertz CT molecular complexity index is 612. The second-order valence-corrected chi connectivity index (χ2v) is 5.21. The highest BCUT2D eigenvalue weighted by atomic mass is 16.5. The SMILES string of the molecule is COc1ncnc(NC2CCc3ccccc3C2)c1C. The number of hydrogen-bond donors (Lipinski definition) is 1. The average Bonchev–Trinajstić information content (AvgIpc) is 2.49. The fraction of sp³-hybridized carbons (Fsp3) is 0.375. The van der Waals surface area contributed by atoms with Crippen molar-refractivity contribution in [1.82, 2.24) is 9.97 Å². The minimum atomic E-state index is 0.420. The zero-order valence-electron chi connectivity index (χ0n) is 11.9. The lowest BCUT2D eigenvalue weighted by Crippen LogP contribution is -2.28. The molecule has 0 radical (unpaired) electrons. The summed E-state index contributed by atoms with van der Waals surface area (Å²) in [7, 11) is 1.63. The van der Waals surface area contributed by atoms with Crippen LogP contribution in [-0.2, 0) is 12.8 Å². The zero-order valence-corrected chi connectivity index (χ0v) is 11.9. The van der Waals surface area contributed by atoms with Gasteiger partial charge in [0.25, 0.3) is 0 Å². The molecule has 3 rings (SSSR count). The third-order valence-corrected chi connectivity index (χ3v) is 3.92. The van der Waals surface area contributed by atoms with Crippen LogP contribution in [-0.4, -0.2) is 23.1 Å². The first kappa shape index (κ1) is 12.9. The van der Waals surface area contributed by atoms with E-state index in [0.29, 0.717) is 11.9 Å². The molecule has 0 saturated heterocycles. The van der Waals surface area contributed by atoms with Crippen LogP contribution in [0.2, 0.25) is 0 Å². The number of aromatic nitrogens is 2. The lowest BCUT2D eigenvalue weighted by molar-refractivity contribution is 0.393. The predicted molar refractivity (Wildman–Crippen MR) is 79.2 cm³/mol. The fourth-order valence-corrected chi connectivity index (χ4v) is 2.80. The Labute approximate surface area is 119 Å². The maximum Gasteiger partial charge on any atom is 0.221 e. The molecule has 1 unspecified atom stereocenters. The van der Waals surface area contributed by atoms with Crippen LogP contribution in [0.25, 0.3) is 0 Å². The molecule has 104 valence electrons. The number of nitrogens with one attached hydrogen (secondary N) is 1. The van der Waals surface area contributed by atoms with Gasteiger partial charge < -0.3 is 10.1 Å². The molecule has 4 heteroatoms. The van der Waals surface area contributed by atoms with Gasteiger partial charge in [-0.1, -0.05) is 24.3 Å². The maximum atomic E-state index is 5.24. The number of hydrogen-bond acceptors (Lipinski definition) is 4. The Balaban J connectivity index is 1.77. The summed E-state index contributed by atoms with van der Waals surface area (Å²) in [5.41, 5.74) is 3.88. The zero-order chi connectivity index (χ0) is 13.9. The van der Waals surface area contributed by atoms with Crippen LogP contribution >= 0.6 is 0 Å². The van der Waals surface area contributed by atoms with Crippen molar-refractivity contribution in [1.29, 1.82) is 0 Å². The standard InChI is InChI=1S/C16H19N3O/c1-11-15(17-10-18-16(11)20-2)19-14-8-7-12-5-3-4-6-13(12)9-14/h3-6,10,14H,7-9H2,1-2H3,(H,17,18,19). The molecule has 1 heterocycles. The molecule has 0 saturated carbocycles. The van der Waals surface area contributed by atoms with Crippen molar-refractivity contribution >= 4 is 5.82 Å². The van der Waals surface area contributed by atoms with Gasteiger partial charge in [-0.3, -0.25) is 0 Å².